The van der Waals surface area contributed by atoms with Gasteiger partial charge in [-0.05, 0) is 48.4 Å². The number of aryl methyl sites for hydroxylation is 1. The number of carbonyl (C=O) groups excluding carboxylic acids is 1. The molecule has 7 heteroatoms. The van der Waals surface area contributed by atoms with Gasteiger partial charge in [0.25, 0.3) is 5.91 Å². The molecule has 7 nitrogen and oxygen atoms in total. The van der Waals surface area contributed by atoms with Crippen molar-refractivity contribution >= 4 is 12.1 Å². The number of ether oxygens (including phenoxy) is 1. The zero-order chi connectivity index (χ0) is 22.3. The molecular formula is C25H22N4O3. The van der Waals surface area contributed by atoms with Crippen LogP contribution in [0.15, 0.2) is 84.0 Å². The lowest BCUT2D eigenvalue weighted by Gasteiger charge is -2.10. The van der Waals surface area contributed by atoms with Crippen molar-refractivity contribution in [2.45, 2.75) is 13.5 Å². The van der Waals surface area contributed by atoms with Crippen LogP contribution in [0.2, 0.25) is 0 Å². The van der Waals surface area contributed by atoms with Crippen LogP contribution in [-0.2, 0) is 6.61 Å². The summed E-state index contributed by atoms with van der Waals surface area (Å²) in [4.78, 5) is 12.4. The van der Waals surface area contributed by atoms with Crippen LogP contribution in [0, 0.1) is 6.92 Å². The van der Waals surface area contributed by atoms with Gasteiger partial charge in [0.15, 0.2) is 0 Å². The summed E-state index contributed by atoms with van der Waals surface area (Å²) in [5, 5.41) is 20.4. The Kier molecular flexibility index (Phi) is 6.27. The van der Waals surface area contributed by atoms with Gasteiger partial charge in [-0.15, -0.1) is 0 Å². The van der Waals surface area contributed by atoms with E-state index in [2.05, 4.69) is 20.7 Å². The maximum atomic E-state index is 12.4. The Hall–Kier alpha value is -4.39. The van der Waals surface area contributed by atoms with Crippen LogP contribution in [0.1, 0.15) is 27.2 Å². The van der Waals surface area contributed by atoms with E-state index < -0.39 is 5.91 Å². The lowest BCUT2D eigenvalue weighted by atomic mass is 10.1. The van der Waals surface area contributed by atoms with Gasteiger partial charge in [-0.25, -0.2) is 5.43 Å². The molecule has 160 valence electrons. The Morgan fingerprint density at radius 2 is 1.91 bits per heavy atom. The standard InChI is InChI=1S/C25H22N4O3/c1-17-9-11-18(12-10-17)16-32-24-8-3-2-7-21(24)22-14-23(28-27-22)25(31)29-26-15-19-5-4-6-20(30)13-19/h2-15,30H,16H2,1H3,(H,27,28)(H,29,31)/b26-15+. The third-order valence-electron chi connectivity index (χ3n) is 4.75. The first-order chi connectivity index (χ1) is 15.6. The molecule has 0 aliphatic carbocycles. The number of aromatic hydroxyl groups is 1. The van der Waals surface area contributed by atoms with Crippen molar-refractivity contribution in [2.75, 3.05) is 0 Å². The smallest absolute Gasteiger partial charge is 0.289 e. The number of hydrogen-bond acceptors (Lipinski definition) is 5. The minimum absolute atomic E-state index is 0.127. The van der Waals surface area contributed by atoms with E-state index in [1.165, 1.54) is 17.8 Å². The van der Waals surface area contributed by atoms with E-state index >= 15 is 0 Å². The van der Waals surface area contributed by atoms with Crippen molar-refractivity contribution in [3.05, 3.63) is 101 Å². The van der Waals surface area contributed by atoms with E-state index in [1.54, 1.807) is 24.3 Å². The van der Waals surface area contributed by atoms with Crippen molar-refractivity contribution in [2.24, 2.45) is 5.10 Å². The predicted octanol–water partition coefficient (Wildman–Crippen LogP) is 4.43. The highest BCUT2D eigenvalue weighted by atomic mass is 16.5. The Morgan fingerprint density at radius 3 is 2.72 bits per heavy atom. The summed E-state index contributed by atoms with van der Waals surface area (Å²) in [5.74, 6) is 0.369. The summed E-state index contributed by atoms with van der Waals surface area (Å²) >= 11 is 0. The van der Waals surface area contributed by atoms with Crippen LogP contribution < -0.4 is 10.2 Å². The summed E-state index contributed by atoms with van der Waals surface area (Å²) in [6.45, 7) is 2.47. The van der Waals surface area contributed by atoms with E-state index in [0.29, 0.717) is 23.6 Å². The molecule has 3 aromatic carbocycles. The predicted molar refractivity (Wildman–Crippen MR) is 123 cm³/mol. The van der Waals surface area contributed by atoms with Crippen molar-refractivity contribution in [3.8, 4) is 22.8 Å². The van der Waals surface area contributed by atoms with E-state index in [-0.39, 0.29) is 11.4 Å². The Labute approximate surface area is 185 Å². The average Bonchev–Trinajstić information content (AvgIpc) is 3.29. The van der Waals surface area contributed by atoms with Crippen LogP contribution in [0.3, 0.4) is 0 Å². The number of phenols is 1. The van der Waals surface area contributed by atoms with Gasteiger partial charge in [-0.1, -0.05) is 54.1 Å². The Bertz CT molecular complexity index is 1250. The molecule has 0 atom stereocenters. The fourth-order valence-electron chi connectivity index (χ4n) is 3.06. The Morgan fingerprint density at radius 1 is 1.09 bits per heavy atom. The maximum absolute atomic E-state index is 12.4. The molecule has 0 spiro atoms. The van der Waals surface area contributed by atoms with Gasteiger partial charge in [0, 0.05) is 5.56 Å². The minimum Gasteiger partial charge on any atom is -0.508 e. The van der Waals surface area contributed by atoms with Gasteiger partial charge in [0.2, 0.25) is 0 Å². The molecule has 0 saturated carbocycles. The van der Waals surface area contributed by atoms with Gasteiger partial charge in [-0.3, -0.25) is 9.89 Å². The van der Waals surface area contributed by atoms with Crippen molar-refractivity contribution < 1.29 is 14.6 Å². The van der Waals surface area contributed by atoms with Gasteiger partial charge in [0.1, 0.15) is 23.8 Å². The Balaban J connectivity index is 1.43. The zero-order valence-electron chi connectivity index (χ0n) is 17.4. The molecule has 0 aliphatic rings. The second-order valence-electron chi connectivity index (χ2n) is 7.23. The largest absolute Gasteiger partial charge is 0.508 e. The molecule has 4 rings (SSSR count). The molecule has 0 fully saturated rings. The number of hydrazone groups is 1. The number of H-pyrrole nitrogens is 1. The van der Waals surface area contributed by atoms with Crippen LogP contribution in [0.5, 0.6) is 11.5 Å². The summed E-state index contributed by atoms with van der Waals surface area (Å²) < 4.78 is 6.01. The number of phenolic OH excluding ortho intramolecular Hbond substituents is 1. The SMILES string of the molecule is Cc1ccc(COc2ccccc2-c2cc(C(=O)N/N=C/c3cccc(O)c3)[nH]n2)cc1. The lowest BCUT2D eigenvalue weighted by molar-refractivity contribution is 0.0950. The highest BCUT2D eigenvalue weighted by Gasteiger charge is 2.14. The van der Waals surface area contributed by atoms with Gasteiger partial charge in [0.05, 0.1) is 11.9 Å². The normalized spacial score (nSPS) is 10.9. The quantitative estimate of drug-likeness (QED) is 0.301. The number of carbonyl (C=O) groups is 1. The molecule has 0 radical (unpaired) electrons. The first-order valence-corrected chi connectivity index (χ1v) is 10.0. The maximum Gasteiger partial charge on any atom is 0.289 e. The zero-order valence-corrected chi connectivity index (χ0v) is 17.4. The van der Waals surface area contributed by atoms with Gasteiger partial charge < -0.3 is 9.84 Å². The van der Waals surface area contributed by atoms with E-state index in [1.807, 2.05) is 55.5 Å². The number of nitrogens with zero attached hydrogens (tertiary/aromatic N) is 2. The number of hydrogen-bond donors (Lipinski definition) is 3. The molecule has 1 amide bonds. The topological polar surface area (TPSA) is 99.6 Å². The lowest BCUT2D eigenvalue weighted by Crippen LogP contribution is -2.17. The molecule has 0 aliphatic heterocycles. The van der Waals surface area contributed by atoms with E-state index in [0.717, 1.165) is 11.1 Å². The molecule has 1 aromatic heterocycles. The molecular weight excluding hydrogens is 404 g/mol. The molecule has 0 saturated heterocycles. The third kappa shape index (κ3) is 5.20. The van der Waals surface area contributed by atoms with E-state index in [9.17, 15) is 9.90 Å². The average molecular weight is 426 g/mol. The highest BCUT2D eigenvalue weighted by molar-refractivity contribution is 5.94. The second kappa shape index (κ2) is 9.61. The molecule has 32 heavy (non-hydrogen) atoms. The van der Waals surface area contributed by atoms with Crippen molar-refractivity contribution in [1.82, 2.24) is 15.6 Å². The molecule has 1 heterocycles. The summed E-state index contributed by atoms with van der Waals surface area (Å²) in [6, 6.07) is 23.9. The third-order valence-corrected chi connectivity index (χ3v) is 4.75. The first-order valence-electron chi connectivity index (χ1n) is 10.0. The fourth-order valence-corrected chi connectivity index (χ4v) is 3.06. The van der Waals surface area contributed by atoms with Crippen LogP contribution in [0.4, 0.5) is 0 Å². The number of aromatic nitrogens is 2. The number of amides is 1. The number of para-hydroxylation sites is 1. The number of aromatic amines is 1. The monoisotopic (exact) mass is 426 g/mol. The number of rotatable bonds is 7. The molecule has 4 aromatic rings. The molecule has 0 bridgehead atoms. The minimum atomic E-state index is -0.432. The molecule has 0 unspecified atom stereocenters. The first kappa shape index (κ1) is 20.9. The van der Waals surface area contributed by atoms with Crippen molar-refractivity contribution in [1.29, 1.82) is 0 Å². The van der Waals surface area contributed by atoms with Crippen molar-refractivity contribution in [3.63, 3.8) is 0 Å². The number of benzene rings is 3. The summed E-state index contributed by atoms with van der Waals surface area (Å²) in [7, 11) is 0. The number of nitrogens with one attached hydrogen (secondary N) is 2. The summed E-state index contributed by atoms with van der Waals surface area (Å²) in [5.41, 5.74) is 7.00. The van der Waals surface area contributed by atoms with Crippen LogP contribution in [0.25, 0.3) is 11.3 Å². The summed E-state index contributed by atoms with van der Waals surface area (Å²) in [6.07, 6.45) is 1.45. The van der Waals surface area contributed by atoms with Crippen LogP contribution >= 0.6 is 0 Å². The van der Waals surface area contributed by atoms with E-state index in [4.69, 9.17) is 4.74 Å². The van der Waals surface area contributed by atoms with Gasteiger partial charge >= 0.3 is 0 Å². The fraction of sp³-hybridized carbons (Fsp3) is 0.0800. The van der Waals surface area contributed by atoms with Crippen LogP contribution in [-0.4, -0.2) is 27.4 Å². The second-order valence-corrected chi connectivity index (χ2v) is 7.23. The van der Waals surface area contributed by atoms with Gasteiger partial charge in [-0.2, -0.15) is 10.2 Å². The highest BCUT2D eigenvalue weighted by Crippen LogP contribution is 2.29. The molecule has 3 N–H and O–H groups in total.